The van der Waals surface area contributed by atoms with Crippen molar-refractivity contribution in [2.24, 2.45) is 5.73 Å². The number of carbonyl (C=O) groups excluding carboxylic acids is 1. The van der Waals surface area contributed by atoms with E-state index >= 15 is 0 Å². The highest BCUT2D eigenvalue weighted by Gasteiger charge is 2.11. The van der Waals surface area contributed by atoms with Gasteiger partial charge in [-0.25, -0.2) is 9.37 Å². The maximum Gasteiger partial charge on any atom is 0.251 e. The average molecular weight is 326 g/mol. The second kappa shape index (κ2) is 5.23. The fourth-order valence-electron chi connectivity index (χ4n) is 1.38. The number of hydrogen-bond donors (Lipinski definition) is 2. The van der Waals surface area contributed by atoms with Gasteiger partial charge in [0.05, 0.1) is 21.9 Å². The number of nitrogens with two attached hydrogens (primary N) is 2. The molecule has 5 nitrogen and oxygen atoms in total. The Balaban J connectivity index is 2.36. The minimum Gasteiger partial charge on any atom is -0.438 e. The second-order valence-corrected chi connectivity index (χ2v) is 4.51. The first-order valence-electron chi connectivity index (χ1n) is 5.15. The van der Waals surface area contributed by atoms with Gasteiger partial charge in [-0.05, 0) is 28.1 Å². The molecule has 0 spiro atoms. The molecule has 1 aromatic carbocycles. The molecule has 0 saturated heterocycles. The van der Waals surface area contributed by atoms with Crippen LogP contribution in [-0.2, 0) is 0 Å². The molecule has 2 rings (SSSR count). The van der Waals surface area contributed by atoms with Crippen molar-refractivity contribution in [1.29, 1.82) is 0 Å². The number of nitrogens with zero attached hydrogens (tertiary/aromatic N) is 1. The number of halogens is 2. The summed E-state index contributed by atoms with van der Waals surface area (Å²) in [7, 11) is 0. The minimum atomic E-state index is -0.692. The summed E-state index contributed by atoms with van der Waals surface area (Å²) < 4.78 is 19.0. The predicted molar refractivity (Wildman–Crippen MR) is 71.3 cm³/mol. The van der Waals surface area contributed by atoms with Crippen molar-refractivity contribution in [2.75, 3.05) is 5.73 Å². The van der Waals surface area contributed by atoms with Crippen molar-refractivity contribution in [3.05, 3.63) is 46.3 Å². The molecule has 0 unspecified atom stereocenters. The van der Waals surface area contributed by atoms with E-state index in [2.05, 4.69) is 20.9 Å². The summed E-state index contributed by atoms with van der Waals surface area (Å²) in [4.78, 5) is 15.0. The van der Waals surface area contributed by atoms with Gasteiger partial charge in [-0.15, -0.1) is 0 Å². The first-order valence-corrected chi connectivity index (χ1v) is 5.95. The fraction of sp³-hybridized carbons (Fsp3) is 0. The van der Waals surface area contributed by atoms with E-state index in [9.17, 15) is 9.18 Å². The quantitative estimate of drug-likeness (QED) is 0.906. The fourth-order valence-corrected chi connectivity index (χ4v) is 1.71. The molecule has 4 N–H and O–H groups in total. The normalized spacial score (nSPS) is 10.2. The Kier molecular flexibility index (Phi) is 3.66. The predicted octanol–water partition coefficient (Wildman–Crippen LogP) is 2.46. The summed E-state index contributed by atoms with van der Waals surface area (Å²) in [5, 5.41) is 0. The molecule has 0 atom stereocenters. The molecule has 98 valence electrons. The molecule has 0 aliphatic heterocycles. The number of pyridine rings is 1. The number of carbonyl (C=O) groups is 1. The molecule has 0 fully saturated rings. The number of nitrogen functional groups attached to an aromatic ring is 1. The second-order valence-electron chi connectivity index (χ2n) is 3.65. The number of hydrogen-bond acceptors (Lipinski definition) is 4. The number of primary amides is 1. The summed E-state index contributed by atoms with van der Waals surface area (Å²) in [5.74, 6) is -0.825. The monoisotopic (exact) mass is 325 g/mol. The van der Waals surface area contributed by atoms with Crippen LogP contribution in [0.25, 0.3) is 0 Å². The van der Waals surface area contributed by atoms with Gasteiger partial charge in [-0.1, -0.05) is 0 Å². The lowest BCUT2D eigenvalue weighted by Crippen LogP contribution is -2.13. The van der Waals surface area contributed by atoms with Crippen LogP contribution in [0.5, 0.6) is 11.6 Å². The Morgan fingerprint density at radius 3 is 2.79 bits per heavy atom. The molecular weight excluding hydrogens is 317 g/mol. The Hall–Kier alpha value is -2.15. The number of aromatic nitrogens is 1. The van der Waals surface area contributed by atoms with E-state index in [0.717, 1.165) is 0 Å². The summed E-state index contributed by atoms with van der Waals surface area (Å²) >= 11 is 3.21. The summed E-state index contributed by atoms with van der Waals surface area (Å²) in [5.41, 5.74) is 11.0. The lowest BCUT2D eigenvalue weighted by molar-refractivity contribution is 0.100. The third-order valence-electron chi connectivity index (χ3n) is 2.28. The smallest absolute Gasteiger partial charge is 0.251 e. The number of ether oxygens (including phenoxy) is 1. The van der Waals surface area contributed by atoms with Crippen LogP contribution >= 0.6 is 15.9 Å². The van der Waals surface area contributed by atoms with E-state index in [-0.39, 0.29) is 22.9 Å². The van der Waals surface area contributed by atoms with Crippen LogP contribution in [0.4, 0.5) is 10.1 Å². The van der Waals surface area contributed by atoms with Crippen molar-refractivity contribution in [1.82, 2.24) is 4.98 Å². The van der Waals surface area contributed by atoms with E-state index in [1.165, 1.54) is 30.5 Å². The van der Waals surface area contributed by atoms with Crippen molar-refractivity contribution < 1.29 is 13.9 Å². The highest BCUT2D eigenvalue weighted by atomic mass is 79.9. The maximum atomic E-state index is 13.1. The first-order chi connectivity index (χ1) is 8.97. The molecule has 0 aliphatic carbocycles. The molecule has 2 aromatic rings. The van der Waals surface area contributed by atoms with Crippen LogP contribution in [0.3, 0.4) is 0 Å². The van der Waals surface area contributed by atoms with Gasteiger partial charge in [0.1, 0.15) is 11.6 Å². The molecule has 0 radical (unpaired) electrons. The lowest BCUT2D eigenvalue weighted by atomic mass is 10.2. The molecule has 19 heavy (non-hydrogen) atoms. The third kappa shape index (κ3) is 3.00. The molecule has 1 aromatic heterocycles. The van der Waals surface area contributed by atoms with Crippen molar-refractivity contribution >= 4 is 27.5 Å². The van der Waals surface area contributed by atoms with Crippen molar-refractivity contribution in [2.45, 2.75) is 0 Å². The summed E-state index contributed by atoms with van der Waals surface area (Å²) in [6, 6.07) is 5.26. The van der Waals surface area contributed by atoms with Crippen molar-refractivity contribution in [3.8, 4) is 11.6 Å². The largest absolute Gasteiger partial charge is 0.438 e. The van der Waals surface area contributed by atoms with Crippen LogP contribution in [0, 0.1) is 5.82 Å². The molecule has 0 saturated carbocycles. The number of amides is 1. The average Bonchev–Trinajstić information content (AvgIpc) is 2.36. The summed E-state index contributed by atoms with van der Waals surface area (Å²) in [6.45, 7) is 0. The van der Waals surface area contributed by atoms with Gasteiger partial charge in [0.2, 0.25) is 5.88 Å². The molecule has 0 aliphatic rings. The minimum absolute atomic E-state index is 0.0919. The molecule has 0 bridgehead atoms. The van der Waals surface area contributed by atoms with Gasteiger partial charge >= 0.3 is 0 Å². The Labute approximate surface area is 116 Å². The van der Waals surface area contributed by atoms with E-state index < -0.39 is 11.7 Å². The van der Waals surface area contributed by atoms with Gasteiger partial charge in [-0.2, -0.15) is 0 Å². The lowest BCUT2D eigenvalue weighted by Gasteiger charge is -2.08. The van der Waals surface area contributed by atoms with Crippen LogP contribution < -0.4 is 16.2 Å². The molecule has 1 amide bonds. The first kappa shape index (κ1) is 13.3. The zero-order valence-electron chi connectivity index (χ0n) is 9.56. The molecule has 7 heteroatoms. The van der Waals surface area contributed by atoms with Gasteiger partial charge < -0.3 is 16.2 Å². The Morgan fingerprint density at radius 1 is 1.37 bits per heavy atom. The SMILES string of the molecule is NC(=O)c1cc(Oc2cc(F)ccc2Br)ncc1N. The van der Waals surface area contributed by atoms with Gasteiger partial charge in [0, 0.05) is 12.1 Å². The number of benzene rings is 1. The van der Waals surface area contributed by atoms with Gasteiger partial charge in [0.25, 0.3) is 5.91 Å². The van der Waals surface area contributed by atoms with Crippen LogP contribution in [0.1, 0.15) is 10.4 Å². The highest BCUT2D eigenvalue weighted by Crippen LogP contribution is 2.30. The van der Waals surface area contributed by atoms with E-state index in [4.69, 9.17) is 16.2 Å². The Morgan fingerprint density at radius 2 is 2.11 bits per heavy atom. The van der Waals surface area contributed by atoms with E-state index in [0.29, 0.717) is 4.47 Å². The van der Waals surface area contributed by atoms with Crippen LogP contribution in [0.15, 0.2) is 34.9 Å². The molecular formula is C12H9BrFN3O2. The van der Waals surface area contributed by atoms with E-state index in [1.807, 2.05) is 0 Å². The standard InChI is InChI=1S/C12H9BrFN3O2/c13-8-2-1-6(14)3-10(8)19-11-4-7(12(16)18)9(15)5-17-11/h1-5H,15H2,(H2,16,18). The highest BCUT2D eigenvalue weighted by molar-refractivity contribution is 9.10. The van der Waals surface area contributed by atoms with Gasteiger partial charge in [-0.3, -0.25) is 4.79 Å². The van der Waals surface area contributed by atoms with Crippen molar-refractivity contribution in [3.63, 3.8) is 0 Å². The zero-order valence-corrected chi connectivity index (χ0v) is 11.1. The number of anilines is 1. The van der Waals surface area contributed by atoms with E-state index in [1.54, 1.807) is 0 Å². The van der Waals surface area contributed by atoms with Crippen LogP contribution in [-0.4, -0.2) is 10.9 Å². The third-order valence-corrected chi connectivity index (χ3v) is 2.94. The Bertz CT molecular complexity index is 649. The number of rotatable bonds is 3. The topological polar surface area (TPSA) is 91.2 Å². The van der Waals surface area contributed by atoms with Gasteiger partial charge in [0.15, 0.2) is 0 Å². The molecule has 1 heterocycles. The maximum absolute atomic E-state index is 13.1. The van der Waals surface area contributed by atoms with Crippen LogP contribution in [0.2, 0.25) is 0 Å². The summed E-state index contributed by atoms with van der Waals surface area (Å²) in [6.07, 6.45) is 1.25. The zero-order chi connectivity index (χ0) is 14.0.